The van der Waals surface area contributed by atoms with Crippen LogP contribution in [0.25, 0.3) is 10.9 Å². The average molecular weight is 334 g/mol. The maximum absolute atomic E-state index is 14.5. The average Bonchev–Trinajstić information content (AvgIpc) is 2.68. The highest BCUT2D eigenvalue weighted by molar-refractivity contribution is 5.81. The molecule has 0 aliphatic carbocycles. The van der Waals surface area contributed by atoms with Gasteiger partial charge in [-0.3, -0.25) is 4.98 Å². The lowest BCUT2D eigenvalue weighted by Crippen LogP contribution is -2.47. The molecule has 0 saturated carbocycles. The molecule has 3 nitrogen and oxygen atoms in total. The second-order valence-corrected chi connectivity index (χ2v) is 6.50. The summed E-state index contributed by atoms with van der Waals surface area (Å²) < 4.78 is 14.5. The van der Waals surface area contributed by atoms with Gasteiger partial charge in [-0.15, -0.1) is 0 Å². The van der Waals surface area contributed by atoms with Crippen molar-refractivity contribution in [2.75, 3.05) is 19.6 Å². The standard InChI is InChI=1S/C21H21FN3/c22-19-9-2-1-8-17(19)18(20-14-23-11-12-24-20)13-16-6-3-5-15-7-4-10-25-21(15)16/h1-10,18,20,23H,11-14H2. The highest BCUT2D eigenvalue weighted by Gasteiger charge is 2.28. The monoisotopic (exact) mass is 334 g/mol. The summed E-state index contributed by atoms with van der Waals surface area (Å²) in [6.07, 6.45) is 2.54. The van der Waals surface area contributed by atoms with Crippen LogP contribution in [0.15, 0.2) is 60.8 Å². The molecule has 4 rings (SSSR count). The van der Waals surface area contributed by atoms with Gasteiger partial charge in [-0.05, 0) is 29.7 Å². The summed E-state index contributed by atoms with van der Waals surface area (Å²) in [5.41, 5.74) is 2.88. The summed E-state index contributed by atoms with van der Waals surface area (Å²) in [6.45, 7) is 2.47. The number of nitrogens with zero attached hydrogens (tertiary/aromatic N) is 2. The van der Waals surface area contributed by atoms with Crippen molar-refractivity contribution in [2.24, 2.45) is 0 Å². The van der Waals surface area contributed by atoms with Gasteiger partial charge >= 0.3 is 0 Å². The van der Waals surface area contributed by atoms with Gasteiger partial charge in [0.2, 0.25) is 0 Å². The summed E-state index contributed by atoms with van der Waals surface area (Å²) in [7, 11) is 0. The molecule has 1 fully saturated rings. The molecule has 0 bridgehead atoms. The number of piperazine rings is 1. The van der Waals surface area contributed by atoms with Crippen molar-refractivity contribution in [3.8, 4) is 0 Å². The molecule has 2 aromatic carbocycles. The number of aromatic nitrogens is 1. The van der Waals surface area contributed by atoms with Crippen LogP contribution in [-0.2, 0) is 6.42 Å². The SMILES string of the molecule is Fc1ccccc1C(Cc1cccc2cccnc12)C1CNCC[N]1. The zero-order valence-electron chi connectivity index (χ0n) is 14.0. The Balaban J connectivity index is 1.74. The molecule has 2 unspecified atom stereocenters. The summed E-state index contributed by atoms with van der Waals surface area (Å²) in [4.78, 5) is 4.56. The van der Waals surface area contributed by atoms with Crippen molar-refractivity contribution in [2.45, 2.75) is 18.4 Å². The first-order valence-corrected chi connectivity index (χ1v) is 8.77. The third kappa shape index (κ3) is 3.41. The fraction of sp³-hybridized carbons (Fsp3) is 0.286. The first kappa shape index (κ1) is 16.2. The third-order valence-corrected chi connectivity index (χ3v) is 4.93. The molecule has 3 aromatic rings. The highest BCUT2D eigenvalue weighted by atomic mass is 19.1. The van der Waals surface area contributed by atoms with Gasteiger partial charge in [0.15, 0.2) is 0 Å². The van der Waals surface area contributed by atoms with Crippen LogP contribution in [0.5, 0.6) is 0 Å². The zero-order valence-corrected chi connectivity index (χ0v) is 14.0. The van der Waals surface area contributed by atoms with Crippen LogP contribution >= 0.6 is 0 Å². The van der Waals surface area contributed by atoms with Crippen molar-refractivity contribution in [3.63, 3.8) is 0 Å². The van der Waals surface area contributed by atoms with Gasteiger partial charge in [-0.2, -0.15) is 0 Å². The lowest BCUT2D eigenvalue weighted by atomic mass is 9.84. The molecule has 25 heavy (non-hydrogen) atoms. The fourth-order valence-electron chi connectivity index (χ4n) is 3.69. The Hall–Kier alpha value is -2.30. The molecule has 2 atom stereocenters. The number of benzene rings is 2. The lowest BCUT2D eigenvalue weighted by Gasteiger charge is -2.31. The molecule has 0 amide bonds. The van der Waals surface area contributed by atoms with E-state index in [2.05, 4.69) is 28.5 Å². The van der Waals surface area contributed by atoms with E-state index in [4.69, 9.17) is 5.32 Å². The van der Waals surface area contributed by atoms with Crippen LogP contribution in [0.4, 0.5) is 4.39 Å². The Kier molecular flexibility index (Phi) is 4.72. The van der Waals surface area contributed by atoms with Crippen LogP contribution in [-0.4, -0.2) is 30.7 Å². The summed E-state index contributed by atoms with van der Waals surface area (Å²) in [6, 6.07) is 17.4. The van der Waals surface area contributed by atoms with E-state index in [0.717, 1.165) is 48.1 Å². The van der Waals surface area contributed by atoms with Gasteiger partial charge in [0.25, 0.3) is 0 Å². The summed E-state index contributed by atoms with van der Waals surface area (Å²) in [5.74, 6) is -0.150. The van der Waals surface area contributed by atoms with E-state index < -0.39 is 0 Å². The van der Waals surface area contributed by atoms with E-state index in [9.17, 15) is 4.39 Å². The van der Waals surface area contributed by atoms with Gasteiger partial charge in [0.05, 0.1) is 5.52 Å². The van der Waals surface area contributed by atoms with Crippen molar-refractivity contribution in [3.05, 3.63) is 77.7 Å². The minimum atomic E-state index is -0.151. The van der Waals surface area contributed by atoms with E-state index in [1.165, 1.54) is 0 Å². The van der Waals surface area contributed by atoms with Crippen molar-refractivity contribution < 1.29 is 4.39 Å². The van der Waals surface area contributed by atoms with Gasteiger partial charge in [-0.25, -0.2) is 9.71 Å². The van der Waals surface area contributed by atoms with Crippen LogP contribution in [0.1, 0.15) is 17.0 Å². The summed E-state index contributed by atoms with van der Waals surface area (Å²) >= 11 is 0. The first-order valence-electron chi connectivity index (χ1n) is 8.77. The number of fused-ring (bicyclic) bond motifs is 1. The third-order valence-electron chi connectivity index (χ3n) is 4.93. The maximum atomic E-state index is 14.5. The van der Waals surface area contributed by atoms with Gasteiger partial charge < -0.3 is 5.32 Å². The molecule has 1 N–H and O–H groups in total. The number of para-hydroxylation sites is 1. The Labute approximate surface area is 147 Å². The number of rotatable bonds is 4. The van der Waals surface area contributed by atoms with E-state index in [0.29, 0.717) is 0 Å². The van der Waals surface area contributed by atoms with Crippen molar-refractivity contribution >= 4 is 10.9 Å². The second kappa shape index (κ2) is 7.30. The number of pyridine rings is 1. The zero-order chi connectivity index (χ0) is 17.1. The maximum Gasteiger partial charge on any atom is 0.126 e. The molecule has 1 radical (unpaired) electrons. The van der Waals surface area contributed by atoms with Crippen LogP contribution in [0.3, 0.4) is 0 Å². The number of hydrogen-bond acceptors (Lipinski definition) is 2. The van der Waals surface area contributed by atoms with E-state index in [1.807, 2.05) is 30.5 Å². The predicted molar refractivity (Wildman–Crippen MR) is 98.2 cm³/mol. The Morgan fingerprint density at radius 1 is 1.08 bits per heavy atom. The molecule has 1 aliphatic rings. The minimum Gasteiger partial charge on any atom is -0.314 e. The molecular formula is C21H21FN3. The molecule has 2 heterocycles. The quantitative estimate of drug-likeness (QED) is 0.795. The minimum absolute atomic E-state index is 0.00149. The first-order chi connectivity index (χ1) is 12.3. The molecule has 1 aromatic heterocycles. The van der Waals surface area contributed by atoms with Gasteiger partial charge in [-0.1, -0.05) is 42.5 Å². The fourth-order valence-corrected chi connectivity index (χ4v) is 3.69. The van der Waals surface area contributed by atoms with Crippen molar-refractivity contribution in [1.29, 1.82) is 0 Å². The number of hydrogen-bond donors (Lipinski definition) is 1. The highest BCUT2D eigenvalue weighted by Crippen LogP contribution is 2.30. The van der Waals surface area contributed by atoms with E-state index >= 15 is 0 Å². The normalized spacial score (nSPS) is 19.0. The smallest absolute Gasteiger partial charge is 0.126 e. The second-order valence-electron chi connectivity index (χ2n) is 6.50. The Bertz CT molecular complexity index is 853. The largest absolute Gasteiger partial charge is 0.314 e. The van der Waals surface area contributed by atoms with Gasteiger partial charge in [0, 0.05) is 43.2 Å². The number of halogens is 1. The Morgan fingerprint density at radius 3 is 2.80 bits per heavy atom. The van der Waals surface area contributed by atoms with Crippen LogP contribution < -0.4 is 10.6 Å². The van der Waals surface area contributed by atoms with Gasteiger partial charge in [0.1, 0.15) is 5.82 Å². The van der Waals surface area contributed by atoms with Crippen molar-refractivity contribution in [1.82, 2.24) is 15.6 Å². The molecule has 4 heteroatoms. The predicted octanol–water partition coefficient (Wildman–Crippen LogP) is 3.28. The van der Waals surface area contributed by atoms with Crippen LogP contribution in [0.2, 0.25) is 0 Å². The Morgan fingerprint density at radius 2 is 1.96 bits per heavy atom. The molecule has 1 saturated heterocycles. The molecule has 1 aliphatic heterocycles. The topological polar surface area (TPSA) is 39.0 Å². The van der Waals surface area contributed by atoms with E-state index in [1.54, 1.807) is 12.1 Å². The number of nitrogens with one attached hydrogen (secondary N) is 1. The van der Waals surface area contributed by atoms with Crippen LogP contribution in [0, 0.1) is 5.82 Å². The molecule has 0 spiro atoms. The molecular weight excluding hydrogens is 313 g/mol. The lowest BCUT2D eigenvalue weighted by molar-refractivity contribution is 0.351. The summed E-state index contributed by atoms with van der Waals surface area (Å²) in [5, 5.41) is 9.29. The molecule has 127 valence electrons. The van der Waals surface area contributed by atoms with E-state index in [-0.39, 0.29) is 17.8 Å².